The minimum Gasteiger partial charge on any atom is -0.325 e. The Labute approximate surface area is 87.0 Å². The van der Waals surface area contributed by atoms with E-state index in [1.54, 1.807) is 0 Å². The van der Waals surface area contributed by atoms with E-state index in [0.717, 1.165) is 12.3 Å². The molecule has 0 bridgehead atoms. The van der Waals surface area contributed by atoms with Gasteiger partial charge in [0.05, 0.1) is 0 Å². The van der Waals surface area contributed by atoms with Gasteiger partial charge >= 0.3 is 0 Å². The Bertz CT molecular complexity index is 119. The van der Waals surface area contributed by atoms with Gasteiger partial charge in [-0.05, 0) is 32.6 Å². The van der Waals surface area contributed by atoms with Gasteiger partial charge in [0.25, 0.3) is 0 Å². The van der Waals surface area contributed by atoms with Crippen LogP contribution in [0.25, 0.3) is 0 Å². The molecule has 0 saturated heterocycles. The number of rotatable bonds is 7. The summed E-state index contributed by atoms with van der Waals surface area (Å²) in [5.74, 6) is 2.26. The van der Waals surface area contributed by atoms with Gasteiger partial charge in [-0.1, -0.05) is 13.8 Å². The molecule has 0 aliphatic rings. The first-order valence-electron chi connectivity index (χ1n) is 5.02. The van der Waals surface area contributed by atoms with Crippen molar-refractivity contribution < 1.29 is 0 Å². The van der Waals surface area contributed by atoms with Crippen LogP contribution in [0.1, 0.15) is 34.1 Å². The fourth-order valence-electron chi connectivity index (χ4n) is 0.900. The highest BCUT2D eigenvalue weighted by atomic mass is 32.2. The van der Waals surface area contributed by atoms with Crippen molar-refractivity contribution in [2.45, 2.75) is 45.7 Å². The highest BCUT2D eigenvalue weighted by Gasteiger charge is 2.09. The Morgan fingerprint density at radius 1 is 1.38 bits per heavy atom. The lowest BCUT2D eigenvalue weighted by Gasteiger charge is -2.17. The lowest BCUT2D eigenvalue weighted by Crippen LogP contribution is -2.34. The number of hydrogen-bond donors (Lipinski definition) is 2. The molecule has 3 heteroatoms. The van der Waals surface area contributed by atoms with Crippen molar-refractivity contribution in [3.8, 4) is 0 Å². The largest absolute Gasteiger partial charge is 0.325 e. The van der Waals surface area contributed by atoms with Gasteiger partial charge in [0.15, 0.2) is 0 Å². The molecule has 2 nitrogen and oxygen atoms in total. The lowest BCUT2D eigenvalue weighted by molar-refractivity contribution is 0.581. The molecule has 0 unspecified atom stereocenters. The quantitative estimate of drug-likeness (QED) is 0.622. The van der Waals surface area contributed by atoms with E-state index in [0.29, 0.717) is 6.04 Å². The molecule has 0 spiro atoms. The van der Waals surface area contributed by atoms with Crippen LogP contribution in [0, 0.1) is 0 Å². The van der Waals surface area contributed by atoms with E-state index in [2.05, 4.69) is 33.0 Å². The molecule has 0 aromatic carbocycles. The van der Waals surface area contributed by atoms with E-state index < -0.39 is 0 Å². The smallest absolute Gasteiger partial charge is 0.0188 e. The standard InChI is InChI=1S/C10H24N2S/c1-9(2)12-6-5-7-13-8-10(3,4)11/h9,12H,5-8,11H2,1-4H3. The van der Waals surface area contributed by atoms with Crippen molar-refractivity contribution in [3.05, 3.63) is 0 Å². The highest BCUT2D eigenvalue weighted by molar-refractivity contribution is 7.99. The van der Waals surface area contributed by atoms with E-state index in [1.165, 1.54) is 12.2 Å². The van der Waals surface area contributed by atoms with Gasteiger partial charge in [-0.25, -0.2) is 0 Å². The molecule has 0 amide bonds. The molecule has 80 valence electrons. The number of hydrogen-bond acceptors (Lipinski definition) is 3. The minimum atomic E-state index is -0.0177. The van der Waals surface area contributed by atoms with Crippen LogP contribution < -0.4 is 11.1 Å². The molecular formula is C10H24N2S. The molecule has 0 aliphatic heterocycles. The fourth-order valence-corrected chi connectivity index (χ4v) is 1.92. The van der Waals surface area contributed by atoms with E-state index in [9.17, 15) is 0 Å². The molecule has 0 radical (unpaired) electrons. The average Bonchev–Trinajstić information content (AvgIpc) is 1.93. The molecular weight excluding hydrogens is 180 g/mol. The zero-order chi connectivity index (χ0) is 10.3. The third-order valence-corrected chi connectivity index (χ3v) is 3.02. The molecule has 0 saturated carbocycles. The van der Waals surface area contributed by atoms with Gasteiger partial charge in [0, 0.05) is 17.3 Å². The Hall–Kier alpha value is 0.270. The predicted molar refractivity (Wildman–Crippen MR) is 63.3 cm³/mol. The first-order chi connectivity index (χ1) is 5.92. The van der Waals surface area contributed by atoms with Crippen molar-refractivity contribution in [2.24, 2.45) is 5.73 Å². The monoisotopic (exact) mass is 204 g/mol. The predicted octanol–water partition coefficient (Wildman–Crippen LogP) is 1.84. The fraction of sp³-hybridized carbons (Fsp3) is 1.00. The molecule has 0 fully saturated rings. The maximum absolute atomic E-state index is 5.86. The zero-order valence-electron chi connectivity index (χ0n) is 9.39. The average molecular weight is 204 g/mol. The Morgan fingerprint density at radius 3 is 2.46 bits per heavy atom. The van der Waals surface area contributed by atoms with Crippen molar-refractivity contribution in [3.63, 3.8) is 0 Å². The molecule has 0 aromatic heterocycles. The SMILES string of the molecule is CC(C)NCCCSCC(C)(C)N. The van der Waals surface area contributed by atoms with Crippen LogP contribution in [-0.4, -0.2) is 29.6 Å². The molecule has 0 aromatic rings. The lowest BCUT2D eigenvalue weighted by atomic mass is 10.1. The summed E-state index contributed by atoms with van der Waals surface area (Å²) in [6, 6.07) is 0.607. The second-order valence-corrected chi connectivity index (χ2v) is 5.61. The maximum atomic E-state index is 5.86. The molecule has 0 rings (SSSR count). The molecule has 3 N–H and O–H groups in total. The summed E-state index contributed by atoms with van der Waals surface area (Å²) in [5.41, 5.74) is 5.84. The van der Waals surface area contributed by atoms with Crippen LogP contribution in [0.3, 0.4) is 0 Å². The molecule has 0 heterocycles. The number of thioether (sulfide) groups is 1. The van der Waals surface area contributed by atoms with E-state index in [-0.39, 0.29) is 5.54 Å². The van der Waals surface area contributed by atoms with Crippen LogP contribution in [-0.2, 0) is 0 Å². The summed E-state index contributed by atoms with van der Waals surface area (Å²) < 4.78 is 0. The summed E-state index contributed by atoms with van der Waals surface area (Å²) in [7, 11) is 0. The van der Waals surface area contributed by atoms with Gasteiger partial charge < -0.3 is 11.1 Å². The van der Waals surface area contributed by atoms with Gasteiger partial charge in [-0.15, -0.1) is 0 Å². The van der Waals surface area contributed by atoms with Gasteiger partial charge in [0.1, 0.15) is 0 Å². The van der Waals surface area contributed by atoms with Crippen molar-refractivity contribution in [1.29, 1.82) is 0 Å². The summed E-state index contributed by atoms with van der Waals surface area (Å²) in [4.78, 5) is 0. The normalized spacial score (nSPS) is 12.5. The molecule has 13 heavy (non-hydrogen) atoms. The molecule has 0 atom stereocenters. The van der Waals surface area contributed by atoms with Gasteiger partial charge in [0.2, 0.25) is 0 Å². The van der Waals surface area contributed by atoms with E-state index in [1.807, 2.05) is 11.8 Å². The first kappa shape index (κ1) is 13.3. The Balaban J connectivity index is 3.09. The van der Waals surface area contributed by atoms with Crippen molar-refractivity contribution >= 4 is 11.8 Å². The highest BCUT2D eigenvalue weighted by Crippen LogP contribution is 2.10. The Morgan fingerprint density at radius 2 is 2.00 bits per heavy atom. The third-order valence-electron chi connectivity index (χ3n) is 1.49. The van der Waals surface area contributed by atoms with Crippen molar-refractivity contribution in [2.75, 3.05) is 18.1 Å². The third kappa shape index (κ3) is 12.3. The second-order valence-electron chi connectivity index (χ2n) is 4.50. The van der Waals surface area contributed by atoms with Crippen LogP contribution in [0.5, 0.6) is 0 Å². The second kappa shape index (κ2) is 6.68. The summed E-state index contributed by atoms with van der Waals surface area (Å²) in [6.45, 7) is 9.63. The number of nitrogens with one attached hydrogen (secondary N) is 1. The van der Waals surface area contributed by atoms with Gasteiger partial charge in [-0.3, -0.25) is 0 Å². The number of nitrogens with two attached hydrogens (primary N) is 1. The van der Waals surface area contributed by atoms with Crippen LogP contribution in [0.15, 0.2) is 0 Å². The maximum Gasteiger partial charge on any atom is 0.0188 e. The molecule has 0 aliphatic carbocycles. The van der Waals surface area contributed by atoms with E-state index in [4.69, 9.17) is 5.73 Å². The van der Waals surface area contributed by atoms with Crippen LogP contribution >= 0.6 is 11.8 Å². The minimum absolute atomic E-state index is 0.0177. The summed E-state index contributed by atoms with van der Waals surface area (Å²) in [6.07, 6.45) is 1.24. The van der Waals surface area contributed by atoms with Crippen molar-refractivity contribution in [1.82, 2.24) is 5.32 Å². The summed E-state index contributed by atoms with van der Waals surface area (Å²) >= 11 is 1.95. The van der Waals surface area contributed by atoms with E-state index >= 15 is 0 Å². The Kier molecular flexibility index (Phi) is 6.82. The topological polar surface area (TPSA) is 38.0 Å². The van der Waals surface area contributed by atoms with Gasteiger partial charge in [-0.2, -0.15) is 11.8 Å². The zero-order valence-corrected chi connectivity index (χ0v) is 10.2. The van der Waals surface area contributed by atoms with Crippen LogP contribution in [0.2, 0.25) is 0 Å². The first-order valence-corrected chi connectivity index (χ1v) is 6.17. The van der Waals surface area contributed by atoms with Crippen LogP contribution in [0.4, 0.5) is 0 Å². The summed E-state index contributed by atoms with van der Waals surface area (Å²) in [5, 5.41) is 3.40.